The monoisotopic (exact) mass is 422 g/mol. The van der Waals surface area contributed by atoms with Gasteiger partial charge >= 0.3 is 0 Å². The lowest BCUT2D eigenvalue weighted by Gasteiger charge is -2.29. The van der Waals surface area contributed by atoms with E-state index in [2.05, 4.69) is 37.4 Å². The lowest BCUT2D eigenvalue weighted by molar-refractivity contribution is -0.341. The van der Waals surface area contributed by atoms with Gasteiger partial charge in [0.1, 0.15) is 0 Å². The number of hydrogen-bond donors (Lipinski definition) is 1. The molecule has 0 radical (unpaired) electrons. The van der Waals surface area contributed by atoms with E-state index in [0.717, 1.165) is 25.7 Å². The molecule has 0 spiro atoms. The molecule has 172 valence electrons. The molecule has 0 aliphatic rings. The second kappa shape index (κ2) is 21.3. The Labute approximate surface area is 175 Å². The molecule has 5 nitrogen and oxygen atoms in total. The first-order valence-electron chi connectivity index (χ1n) is 9.52. The van der Waals surface area contributed by atoms with Crippen molar-refractivity contribution in [3.63, 3.8) is 0 Å². The molecule has 0 aromatic heterocycles. The molecule has 6 heteroatoms. The van der Waals surface area contributed by atoms with Crippen molar-refractivity contribution in [1.82, 2.24) is 0 Å². The average molecular weight is 423 g/mol. The molecule has 0 fully saturated rings. The fraction of sp³-hybridized carbons (Fsp3) is 0.818. The molecule has 0 amide bonds. The summed E-state index contributed by atoms with van der Waals surface area (Å²) in [4.78, 5) is 20.3. The van der Waals surface area contributed by atoms with Crippen molar-refractivity contribution in [3.8, 4) is 0 Å². The SMILES string of the molecule is C.C.CC(C)=CCCC(C)CCO.CC(C)=CCCC(C)CCOP(=O)([O-])[O-]. The van der Waals surface area contributed by atoms with E-state index in [9.17, 15) is 14.4 Å². The third-order valence-corrected chi connectivity index (χ3v) is 4.40. The van der Waals surface area contributed by atoms with Gasteiger partial charge in [-0.05, 0) is 78.1 Å². The number of phosphoric acid groups is 1. The highest BCUT2D eigenvalue weighted by molar-refractivity contribution is 7.43. The van der Waals surface area contributed by atoms with Gasteiger partial charge in [0.2, 0.25) is 0 Å². The molecule has 0 heterocycles. The van der Waals surface area contributed by atoms with Crippen molar-refractivity contribution in [2.45, 2.75) is 94.9 Å². The summed E-state index contributed by atoms with van der Waals surface area (Å²) in [7, 11) is -4.78. The van der Waals surface area contributed by atoms with Gasteiger partial charge in [0.25, 0.3) is 0 Å². The Balaban J connectivity index is -0.000000200. The van der Waals surface area contributed by atoms with E-state index in [0.29, 0.717) is 24.9 Å². The maximum absolute atomic E-state index is 10.2. The molecule has 0 aromatic carbocycles. The Morgan fingerprint density at radius 2 is 1.29 bits per heavy atom. The third kappa shape index (κ3) is 33.2. The molecular weight excluding hydrogens is 375 g/mol. The van der Waals surface area contributed by atoms with E-state index in [4.69, 9.17) is 5.11 Å². The van der Waals surface area contributed by atoms with E-state index >= 15 is 0 Å². The molecule has 1 N–H and O–H groups in total. The summed E-state index contributed by atoms with van der Waals surface area (Å²) in [6.45, 7) is 12.9. The lowest BCUT2D eigenvalue weighted by Crippen LogP contribution is -2.17. The quantitative estimate of drug-likeness (QED) is 0.325. The highest BCUT2D eigenvalue weighted by Crippen LogP contribution is 2.25. The van der Waals surface area contributed by atoms with Crippen LogP contribution in [0.15, 0.2) is 23.3 Å². The van der Waals surface area contributed by atoms with Gasteiger partial charge < -0.3 is 24.0 Å². The van der Waals surface area contributed by atoms with Crippen LogP contribution in [0.1, 0.15) is 94.9 Å². The summed E-state index contributed by atoms with van der Waals surface area (Å²) < 4.78 is 14.3. The van der Waals surface area contributed by atoms with E-state index in [1.165, 1.54) is 17.6 Å². The maximum atomic E-state index is 10.2. The third-order valence-electron chi connectivity index (χ3n) is 3.91. The molecule has 0 saturated heterocycles. The molecule has 2 unspecified atom stereocenters. The maximum Gasteiger partial charge on any atom is 0.0596 e. The number of aliphatic hydroxyl groups is 1. The second-order valence-electron chi connectivity index (χ2n) is 7.51. The summed E-state index contributed by atoms with van der Waals surface area (Å²) in [5.74, 6) is 1.03. The normalized spacial score (nSPS) is 12.3. The highest BCUT2D eigenvalue weighted by Gasteiger charge is 2.01. The average Bonchev–Trinajstić information content (AvgIpc) is 2.46. The van der Waals surface area contributed by atoms with Crippen LogP contribution in [-0.4, -0.2) is 18.3 Å². The topological polar surface area (TPSA) is 92.7 Å². The fourth-order valence-corrected chi connectivity index (χ4v) is 2.52. The molecular formula is C22H47O5P-2. The van der Waals surface area contributed by atoms with Gasteiger partial charge in [0, 0.05) is 6.61 Å². The second-order valence-corrected chi connectivity index (χ2v) is 8.66. The Hall–Kier alpha value is -0.450. The fourth-order valence-electron chi connectivity index (χ4n) is 2.19. The Kier molecular flexibility index (Phi) is 26.6. The van der Waals surface area contributed by atoms with Crippen LogP contribution in [0.25, 0.3) is 0 Å². The smallest absolute Gasteiger partial charge is 0.0596 e. The Bertz CT molecular complexity index is 432. The van der Waals surface area contributed by atoms with E-state index in [1.54, 1.807) is 0 Å². The van der Waals surface area contributed by atoms with Gasteiger partial charge in [-0.25, -0.2) is 0 Å². The lowest BCUT2D eigenvalue weighted by atomic mass is 10.0. The van der Waals surface area contributed by atoms with Crippen LogP contribution in [0.3, 0.4) is 0 Å². The summed E-state index contributed by atoms with van der Waals surface area (Å²) in [6, 6.07) is 0. The molecule has 0 saturated carbocycles. The first-order valence-corrected chi connectivity index (χ1v) is 11.0. The molecule has 28 heavy (non-hydrogen) atoms. The van der Waals surface area contributed by atoms with Gasteiger partial charge in [-0.15, -0.1) is 0 Å². The van der Waals surface area contributed by atoms with Crippen LogP contribution in [0.4, 0.5) is 0 Å². The molecule has 0 rings (SSSR count). The van der Waals surface area contributed by atoms with E-state index < -0.39 is 7.82 Å². The van der Waals surface area contributed by atoms with Crippen LogP contribution in [0, 0.1) is 11.8 Å². The van der Waals surface area contributed by atoms with Crippen molar-refractivity contribution in [2.75, 3.05) is 13.2 Å². The van der Waals surface area contributed by atoms with Gasteiger partial charge in [-0.2, -0.15) is 0 Å². The van der Waals surface area contributed by atoms with E-state index in [1.807, 2.05) is 20.8 Å². The van der Waals surface area contributed by atoms with Crippen molar-refractivity contribution >= 4 is 7.82 Å². The molecule has 0 aliphatic carbocycles. The van der Waals surface area contributed by atoms with Gasteiger partial charge in [0.15, 0.2) is 0 Å². The zero-order chi connectivity index (χ0) is 20.6. The minimum atomic E-state index is -4.78. The van der Waals surface area contributed by atoms with Gasteiger partial charge in [-0.1, -0.05) is 52.0 Å². The zero-order valence-electron chi connectivity index (χ0n) is 17.5. The first kappa shape index (κ1) is 35.0. The predicted octanol–water partition coefficient (Wildman–Crippen LogP) is 5.63. The summed E-state index contributed by atoms with van der Waals surface area (Å²) >= 11 is 0. The summed E-state index contributed by atoms with van der Waals surface area (Å²) in [5.41, 5.74) is 2.67. The molecule has 0 aromatic rings. The van der Waals surface area contributed by atoms with Crippen molar-refractivity contribution in [3.05, 3.63) is 23.3 Å². The van der Waals surface area contributed by atoms with Crippen molar-refractivity contribution in [2.24, 2.45) is 11.8 Å². The first-order chi connectivity index (χ1) is 12.0. The number of aliphatic hydroxyl groups excluding tert-OH is 1. The molecule has 2 atom stereocenters. The van der Waals surface area contributed by atoms with Crippen molar-refractivity contribution in [1.29, 1.82) is 0 Å². The Morgan fingerprint density at radius 3 is 1.61 bits per heavy atom. The van der Waals surface area contributed by atoms with Crippen molar-refractivity contribution < 1.29 is 24.0 Å². The van der Waals surface area contributed by atoms with Gasteiger partial charge in [0.05, 0.1) is 14.4 Å². The minimum Gasteiger partial charge on any atom is -0.790 e. The van der Waals surface area contributed by atoms with Crippen LogP contribution < -0.4 is 9.79 Å². The van der Waals surface area contributed by atoms with Crippen LogP contribution in [0.5, 0.6) is 0 Å². The van der Waals surface area contributed by atoms with Crippen LogP contribution in [-0.2, 0) is 9.09 Å². The zero-order valence-corrected chi connectivity index (χ0v) is 18.4. The number of hydrogen-bond acceptors (Lipinski definition) is 5. The van der Waals surface area contributed by atoms with Gasteiger partial charge in [-0.3, -0.25) is 0 Å². The summed E-state index contributed by atoms with van der Waals surface area (Å²) in [5, 5.41) is 8.63. The number of phosphoric ester groups is 1. The number of rotatable bonds is 12. The van der Waals surface area contributed by atoms with E-state index in [-0.39, 0.29) is 21.5 Å². The minimum absolute atomic E-state index is 0. The predicted molar refractivity (Wildman–Crippen MR) is 119 cm³/mol. The Morgan fingerprint density at radius 1 is 0.893 bits per heavy atom. The van der Waals surface area contributed by atoms with Crippen LogP contribution in [0.2, 0.25) is 0 Å². The molecule has 0 bridgehead atoms. The molecule has 0 aliphatic heterocycles. The highest BCUT2D eigenvalue weighted by atomic mass is 31.2. The summed E-state index contributed by atoms with van der Waals surface area (Å²) in [6.07, 6.45) is 10.3. The standard InChI is InChI=1S/C10H21O4P.C10H20O.2CH4/c1-9(2)5-4-6-10(3)7-8-14-15(11,12)13;1-9(2)5-4-6-10(3)7-8-11;;/h5,10H,4,6-8H2,1-3H3,(H2,11,12,13);5,10-11H,4,6-8H2,1-3H3;2*1H4/p-2. The number of allylic oxidation sites excluding steroid dienone is 4. The largest absolute Gasteiger partial charge is 0.790 e. The van der Waals surface area contributed by atoms with Crippen LogP contribution >= 0.6 is 7.82 Å².